The van der Waals surface area contributed by atoms with Gasteiger partial charge in [-0.3, -0.25) is 9.59 Å². The van der Waals surface area contributed by atoms with E-state index >= 15 is 0 Å². The van der Waals surface area contributed by atoms with Crippen LogP contribution >= 0.6 is 11.6 Å². The van der Waals surface area contributed by atoms with Crippen molar-refractivity contribution in [1.82, 2.24) is 5.32 Å². The van der Waals surface area contributed by atoms with Gasteiger partial charge in [0.2, 0.25) is 5.91 Å². The average Bonchev–Trinajstić information content (AvgIpc) is 3.05. The van der Waals surface area contributed by atoms with Crippen molar-refractivity contribution in [3.63, 3.8) is 0 Å². The van der Waals surface area contributed by atoms with E-state index in [1.54, 1.807) is 23.1 Å². The number of anilines is 1. The first-order chi connectivity index (χ1) is 12.5. The number of nitrogens with one attached hydrogen (secondary N) is 1. The molecule has 0 radical (unpaired) electrons. The second-order valence-corrected chi connectivity index (χ2v) is 6.73. The Hall–Kier alpha value is -2.53. The second kappa shape index (κ2) is 8.23. The fourth-order valence-electron chi connectivity index (χ4n) is 2.88. The van der Waals surface area contributed by atoms with Gasteiger partial charge in [-0.25, -0.2) is 0 Å². The van der Waals surface area contributed by atoms with Crippen molar-refractivity contribution in [3.05, 3.63) is 58.6 Å². The molecular formula is C20H21ClN2O3. The second-order valence-electron chi connectivity index (χ2n) is 6.29. The molecule has 26 heavy (non-hydrogen) atoms. The van der Waals surface area contributed by atoms with Crippen molar-refractivity contribution in [2.24, 2.45) is 0 Å². The van der Waals surface area contributed by atoms with Crippen molar-refractivity contribution in [1.29, 1.82) is 0 Å². The van der Waals surface area contributed by atoms with Gasteiger partial charge in [0.1, 0.15) is 5.75 Å². The Labute approximate surface area is 157 Å². The molecule has 136 valence electrons. The van der Waals surface area contributed by atoms with Crippen molar-refractivity contribution in [3.8, 4) is 5.75 Å². The molecule has 2 aromatic rings. The Bertz CT molecular complexity index is 805. The van der Waals surface area contributed by atoms with E-state index in [4.69, 9.17) is 16.3 Å². The molecule has 1 saturated heterocycles. The zero-order valence-corrected chi connectivity index (χ0v) is 15.4. The van der Waals surface area contributed by atoms with Crippen LogP contribution < -0.4 is 15.0 Å². The van der Waals surface area contributed by atoms with Crippen LogP contribution in [0.5, 0.6) is 5.75 Å². The molecule has 5 nitrogen and oxygen atoms in total. The Morgan fingerprint density at radius 3 is 2.65 bits per heavy atom. The molecule has 2 amide bonds. The van der Waals surface area contributed by atoms with Crippen molar-refractivity contribution < 1.29 is 14.3 Å². The van der Waals surface area contributed by atoms with Gasteiger partial charge in [0.15, 0.2) is 6.61 Å². The molecule has 2 aromatic carbocycles. The minimum absolute atomic E-state index is 0.0527. The van der Waals surface area contributed by atoms with Crippen molar-refractivity contribution in [2.75, 3.05) is 18.1 Å². The number of aryl methyl sites for hydroxylation is 1. The first kappa shape index (κ1) is 18.3. The summed E-state index contributed by atoms with van der Waals surface area (Å²) >= 11 is 5.90. The summed E-state index contributed by atoms with van der Waals surface area (Å²) in [4.78, 5) is 25.5. The van der Waals surface area contributed by atoms with Gasteiger partial charge in [-0.2, -0.15) is 0 Å². The predicted octanol–water partition coefficient (Wildman–Crippen LogP) is 3.47. The molecule has 0 bridgehead atoms. The number of ether oxygens (including phenoxy) is 1. The van der Waals surface area contributed by atoms with E-state index in [1.807, 2.05) is 31.2 Å². The summed E-state index contributed by atoms with van der Waals surface area (Å²) in [7, 11) is 0. The predicted molar refractivity (Wildman–Crippen MR) is 102 cm³/mol. The molecular weight excluding hydrogens is 352 g/mol. The number of benzene rings is 2. The molecule has 6 heteroatoms. The third kappa shape index (κ3) is 4.55. The molecule has 0 unspecified atom stereocenters. The Kier molecular flexibility index (Phi) is 5.78. The minimum Gasteiger partial charge on any atom is -0.484 e. The number of halogens is 1. The summed E-state index contributed by atoms with van der Waals surface area (Å²) in [5.74, 6) is 0.614. The fraction of sp³-hybridized carbons (Fsp3) is 0.300. The maximum atomic E-state index is 12.0. The lowest BCUT2D eigenvalue weighted by Crippen LogP contribution is -2.28. The molecule has 0 atom stereocenters. The van der Waals surface area contributed by atoms with E-state index in [1.165, 1.54) is 0 Å². The number of hydrogen-bond acceptors (Lipinski definition) is 3. The quantitative estimate of drug-likeness (QED) is 0.844. The van der Waals surface area contributed by atoms with Gasteiger partial charge in [-0.1, -0.05) is 23.7 Å². The molecule has 1 fully saturated rings. The van der Waals surface area contributed by atoms with Crippen LogP contribution in [0.4, 0.5) is 5.69 Å². The highest BCUT2D eigenvalue weighted by atomic mass is 35.5. The first-order valence-electron chi connectivity index (χ1n) is 8.58. The number of nitrogens with zero attached hydrogens (tertiary/aromatic N) is 1. The van der Waals surface area contributed by atoms with E-state index in [0.29, 0.717) is 23.7 Å². The summed E-state index contributed by atoms with van der Waals surface area (Å²) in [5.41, 5.74) is 2.76. The maximum absolute atomic E-state index is 12.0. The lowest BCUT2D eigenvalue weighted by Gasteiger charge is -2.16. The van der Waals surface area contributed by atoms with Gasteiger partial charge < -0.3 is 15.0 Å². The number of carbonyl (C=O) groups is 2. The van der Waals surface area contributed by atoms with Crippen LogP contribution in [0.15, 0.2) is 42.5 Å². The van der Waals surface area contributed by atoms with Crippen LogP contribution in [0.3, 0.4) is 0 Å². The average molecular weight is 373 g/mol. The Morgan fingerprint density at radius 1 is 1.23 bits per heavy atom. The number of carbonyl (C=O) groups excluding carboxylic acids is 2. The number of amides is 2. The Balaban J connectivity index is 1.47. The molecule has 1 N–H and O–H groups in total. The highest BCUT2D eigenvalue weighted by molar-refractivity contribution is 6.30. The molecule has 0 spiro atoms. The SMILES string of the molecule is Cc1cc(Cl)ccc1OCC(=O)NCc1ccc(N2CCCC2=O)cc1. The fourth-order valence-corrected chi connectivity index (χ4v) is 3.11. The van der Waals surface area contributed by atoms with Crippen LogP contribution in [0.2, 0.25) is 5.02 Å². The van der Waals surface area contributed by atoms with Gasteiger partial charge in [0.25, 0.3) is 5.91 Å². The summed E-state index contributed by atoms with van der Waals surface area (Å²) in [6.45, 7) is 3.01. The van der Waals surface area contributed by atoms with Crippen LogP contribution in [0, 0.1) is 6.92 Å². The number of hydrogen-bond donors (Lipinski definition) is 1. The van der Waals surface area contributed by atoms with Gasteiger partial charge >= 0.3 is 0 Å². The van der Waals surface area contributed by atoms with Gasteiger partial charge in [-0.05, 0) is 54.8 Å². The van der Waals surface area contributed by atoms with E-state index in [0.717, 1.165) is 29.8 Å². The van der Waals surface area contributed by atoms with Crippen LogP contribution in [-0.2, 0) is 16.1 Å². The standard InChI is InChI=1S/C20H21ClN2O3/c1-14-11-16(21)6-9-18(14)26-13-19(24)22-12-15-4-7-17(8-5-15)23-10-2-3-20(23)25/h4-9,11H,2-3,10,12-13H2,1H3,(H,22,24). The van der Waals surface area contributed by atoms with Crippen LogP contribution in [-0.4, -0.2) is 25.0 Å². The van der Waals surface area contributed by atoms with Crippen LogP contribution in [0.1, 0.15) is 24.0 Å². The highest BCUT2D eigenvalue weighted by Gasteiger charge is 2.21. The van der Waals surface area contributed by atoms with E-state index in [9.17, 15) is 9.59 Å². The van der Waals surface area contributed by atoms with E-state index in [2.05, 4.69) is 5.32 Å². The third-order valence-corrected chi connectivity index (χ3v) is 4.54. The lowest BCUT2D eigenvalue weighted by molar-refractivity contribution is -0.123. The maximum Gasteiger partial charge on any atom is 0.258 e. The van der Waals surface area contributed by atoms with E-state index in [-0.39, 0.29) is 18.4 Å². The smallest absolute Gasteiger partial charge is 0.258 e. The summed E-state index contributed by atoms with van der Waals surface area (Å²) in [5, 5.41) is 3.46. The summed E-state index contributed by atoms with van der Waals surface area (Å²) in [6.07, 6.45) is 1.52. The Morgan fingerprint density at radius 2 is 2.00 bits per heavy atom. The topological polar surface area (TPSA) is 58.6 Å². The zero-order valence-electron chi connectivity index (χ0n) is 14.6. The monoisotopic (exact) mass is 372 g/mol. The van der Waals surface area contributed by atoms with Crippen LogP contribution in [0.25, 0.3) is 0 Å². The third-order valence-electron chi connectivity index (χ3n) is 4.31. The van der Waals surface area contributed by atoms with Gasteiger partial charge in [-0.15, -0.1) is 0 Å². The molecule has 3 rings (SSSR count). The first-order valence-corrected chi connectivity index (χ1v) is 8.96. The molecule has 0 saturated carbocycles. The highest BCUT2D eigenvalue weighted by Crippen LogP contribution is 2.22. The van der Waals surface area contributed by atoms with E-state index < -0.39 is 0 Å². The minimum atomic E-state index is -0.196. The van der Waals surface area contributed by atoms with Crippen molar-refractivity contribution >= 4 is 29.1 Å². The summed E-state index contributed by atoms with van der Waals surface area (Å²) < 4.78 is 5.53. The molecule has 0 aromatic heterocycles. The van der Waals surface area contributed by atoms with Crippen molar-refractivity contribution in [2.45, 2.75) is 26.3 Å². The molecule has 1 heterocycles. The number of rotatable bonds is 6. The lowest BCUT2D eigenvalue weighted by atomic mass is 10.2. The zero-order chi connectivity index (χ0) is 18.5. The van der Waals surface area contributed by atoms with Gasteiger partial charge in [0.05, 0.1) is 0 Å². The largest absolute Gasteiger partial charge is 0.484 e. The molecule has 1 aliphatic rings. The molecule has 0 aliphatic carbocycles. The summed E-state index contributed by atoms with van der Waals surface area (Å²) in [6, 6.07) is 13.0. The molecule has 1 aliphatic heterocycles. The normalized spacial score (nSPS) is 13.8. The van der Waals surface area contributed by atoms with Gasteiger partial charge in [0, 0.05) is 30.2 Å².